The fraction of sp³-hybridized carbons (Fsp3) is 0.571. The molecular formula is C28H36ClF3N4S. The average molecular weight is 553 g/mol. The van der Waals surface area contributed by atoms with Gasteiger partial charge in [0.15, 0.2) is 0 Å². The number of hydrogen-bond acceptors (Lipinski definition) is 5. The van der Waals surface area contributed by atoms with Crippen LogP contribution >= 0.6 is 24.2 Å². The van der Waals surface area contributed by atoms with E-state index in [4.69, 9.17) is 5.73 Å². The number of fused-ring (bicyclic) bond motifs is 3. The van der Waals surface area contributed by atoms with E-state index in [1.54, 1.807) is 0 Å². The van der Waals surface area contributed by atoms with Crippen LogP contribution < -0.4 is 16.0 Å². The smallest absolute Gasteiger partial charge is 0.382 e. The average Bonchev–Trinajstić information content (AvgIpc) is 3.48. The van der Waals surface area contributed by atoms with E-state index in [0.29, 0.717) is 24.7 Å². The van der Waals surface area contributed by atoms with E-state index in [-0.39, 0.29) is 18.4 Å². The molecule has 4 nitrogen and oxygen atoms in total. The van der Waals surface area contributed by atoms with Gasteiger partial charge in [0.25, 0.3) is 0 Å². The number of nitrogens with zero attached hydrogens (tertiary/aromatic N) is 2. The lowest BCUT2D eigenvalue weighted by Crippen LogP contribution is -2.41. The number of piperidine rings is 1. The molecular weight excluding hydrogens is 517 g/mol. The number of rotatable bonds is 5. The summed E-state index contributed by atoms with van der Waals surface area (Å²) in [4.78, 5) is 6.71. The normalized spacial score (nSPS) is 23.8. The molecule has 0 bridgehead atoms. The molecule has 2 aromatic carbocycles. The van der Waals surface area contributed by atoms with Crippen LogP contribution in [0.15, 0.2) is 40.1 Å². The maximum atomic E-state index is 13.9. The fourth-order valence-electron chi connectivity index (χ4n) is 6.74. The lowest BCUT2D eigenvalue weighted by atomic mass is 9.97. The van der Waals surface area contributed by atoms with Gasteiger partial charge in [-0.25, -0.2) is 0 Å². The summed E-state index contributed by atoms with van der Waals surface area (Å²) in [5.41, 5.74) is 9.20. The quantitative estimate of drug-likeness (QED) is 0.384. The van der Waals surface area contributed by atoms with Crippen molar-refractivity contribution < 1.29 is 13.2 Å². The maximum absolute atomic E-state index is 13.9. The van der Waals surface area contributed by atoms with Crippen LogP contribution in [0.2, 0.25) is 0 Å². The Morgan fingerprint density at radius 2 is 1.78 bits per heavy atom. The Morgan fingerprint density at radius 3 is 2.54 bits per heavy atom. The van der Waals surface area contributed by atoms with Crippen molar-refractivity contribution in [1.82, 2.24) is 4.90 Å². The molecule has 6 rings (SSSR count). The highest BCUT2D eigenvalue weighted by atomic mass is 35.5. The maximum Gasteiger partial charge on any atom is 0.416 e. The highest BCUT2D eigenvalue weighted by Gasteiger charge is 2.38. The highest BCUT2D eigenvalue weighted by molar-refractivity contribution is 7.99. The molecule has 2 saturated heterocycles. The summed E-state index contributed by atoms with van der Waals surface area (Å²) in [6.45, 7) is 4.45. The summed E-state index contributed by atoms with van der Waals surface area (Å²) < 4.78 is 41.6. The van der Waals surface area contributed by atoms with Crippen molar-refractivity contribution in [3.63, 3.8) is 0 Å². The molecule has 3 fully saturated rings. The van der Waals surface area contributed by atoms with Crippen LogP contribution in [0.25, 0.3) is 0 Å². The van der Waals surface area contributed by atoms with Gasteiger partial charge < -0.3 is 20.9 Å². The van der Waals surface area contributed by atoms with Gasteiger partial charge in [0.05, 0.1) is 5.56 Å². The molecule has 37 heavy (non-hydrogen) atoms. The van der Waals surface area contributed by atoms with Crippen molar-refractivity contribution >= 4 is 35.5 Å². The van der Waals surface area contributed by atoms with Crippen molar-refractivity contribution in [1.29, 1.82) is 0 Å². The largest absolute Gasteiger partial charge is 0.416 e. The highest BCUT2D eigenvalue weighted by Crippen LogP contribution is 2.48. The Kier molecular flexibility index (Phi) is 7.93. The molecule has 2 aromatic rings. The lowest BCUT2D eigenvalue weighted by molar-refractivity contribution is -0.137. The molecule has 3 N–H and O–H groups in total. The fourth-order valence-corrected chi connectivity index (χ4v) is 7.92. The Balaban J connectivity index is 0.00000280. The van der Waals surface area contributed by atoms with Gasteiger partial charge in [-0.15, -0.1) is 12.4 Å². The van der Waals surface area contributed by atoms with Gasteiger partial charge in [0.2, 0.25) is 0 Å². The summed E-state index contributed by atoms with van der Waals surface area (Å²) in [6, 6.07) is 10.2. The molecule has 0 amide bonds. The molecule has 2 atom stereocenters. The zero-order valence-corrected chi connectivity index (χ0v) is 22.7. The van der Waals surface area contributed by atoms with Crippen LogP contribution in [0.3, 0.4) is 0 Å². The first-order valence-corrected chi connectivity index (χ1v) is 14.2. The van der Waals surface area contributed by atoms with E-state index < -0.39 is 11.7 Å². The van der Waals surface area contributed by atoms with Gasteiger partial charge in [-0.05, 0) is 73.4 Å². The van der Waals surface area contributed by atoms with Gasteiger partial charge in [-0.2, -0.15) is 13.2 Å². The summed E-state index contributed by atoms with van der Waals surface area (Å²) in [7, 11) is 0. The third-order valence-corrected chi connectivity index (χ3v) is 9.84. The second-order valence-corrected chi connectivity index (χ2v) is 11.9. The number of nitrogens with one attached hydrogen (secondary N) is 1. The van der Waals surface area contributed by atoms with Crippen molar-refractivity contribution in [2.75, 3.05) is 42.9 Å². The molecule has 0 spiro atoms. The van der Waals surface area contributed by atoms with Crippen LogP contribution in [0, 0.1) is 5.92 Å². The molecule has 1 aliphatic carbocycles. The zero-order chi connectivity index (χ0) is 24.9. The van der Waals surface area contributed by atoms with Gasteiger partial charge in [-0.1, -0.05) is 24.2 Å². The molecule has 3 heterocycles. The topological polar surface area (TPSA) is 44.5 Å². The van der Waals surface area contributed by atoms with Crippen LogP contribution in [-0.2, 0) is 12.6 Å². The molecule has 4 aliphatic rings. The van der Waals surface area contributed by atoms with Crippen LogP contribution in [-0.4, -0.2) is 49.7 Å². The minimum absolute atomic E-state index is 0. The van der Waals surface area contributed by atoms with E-state index in [2.05, 4.69) is 33.3 Å². The van der Waals surface area contributed by atoms with Crippen molar-refractivity contribution in [2.45, 2.75) is 73.0 Å². The monoisotopic (exact) mass is 552 g/mol. The van der Waals surface area contributed by atoms with E-state index in [1.165, 1.54) is 60.8 Å². The molecule has 0 radical (unpaired) electrons. The number of benzene rings is 2. The number of likely N-dealkylation sites (tertiary alicyclic amines) is 1. The van der Waals surface area contributed by atoms with Crippen molar-refractivity contribution in [3.05, 3.63) is 47.0 Å². The third-order valence-electron chi connectivity index (χ3n) is 8.66. The van der Waals surface area contributed by atoms with Crippen LogP contribution in [0.1, 0.15) is 55.2 Å². The van der Waals surface area contributed by atoms with Crippen molar-refractivity contribution in [2.24, 2.45) is 11.7 Å². The Morgan fingerprint density at radius 1 is 0.973 bits per heavy atom. The zero-order valence-electron chi connectivity index (χ0n) is 21.0. The lowest BCUT2D eigenvalue weighted by Gasteiger charge is -2.34. The summed E-state index contributed by atoms with van der Waals surface area (Å²) in [6.07, 6.45) is 3.27. The first-order chi connectivity index (χ1) is 17.4. The Bertz CT molecular complexity index is 1120. The van der Waals surface area contributed by atoms with Crippen LogP contribution in [0.4, 0.5) is 24.5 Å². The molecule has 3 aliphatic heterocycles. The van der Waals surface area contributed by atoms with Gasteiger partial charge >= 0.3 is 6.18 Å². The predicted octanol–water partition coefficient (Wildman–Crippen LogP) is 6.40. The van der Waals surface area contributed by atoms with E-state index >= 15 is 0 Å². The molecule has 202 valence electrons. The standard InChI is InChI=1S/C28H35F3N4S.ClH/c29-28(30,31)20-15-24(33-21-7-10-34(11-8-21)13-9-32)23-14-19-4-5-22(17-26(19)36-27(23)16-20)35-12-6-18-2-1-3-25(18)35;/h4-5,15-18,21,25,33H,1-3,6-14,32H2;1H. The number of alkyl halides is 3. The number of halogens is 4. The van der Waals surface area contributed by atoms with Crippen molar-refractivity contribution in [3.8, 4) is 0 Å². The second-order valence-electron chi connectivity index (χ2n) is 10.9. The molecule has 0 aromatic heterocycles. The summed E-state index contributed by atoms with van der Waals surface area (Å²) >= 11 is 1.51. The van der Waals surface area contributed by atoms with Crippen LogP contribution in [0.5, 0.6) is 0 Å². The molecule has 1 saturated carbocycles. The Hall–Kier alpha value is -1.61. The SMILES string of the molecule is Cl.NCCN1CCC(Nc2cc(C(F)(F)F)cc3c2Cc2ccc(N4CCC5CCCC54)cc2S3)CC1. The summed E-state index contributed by atoms with van der Waals surface area (Å²) in [5, 5.41) is 3.52. The van der Waals surface area contributed by atoms with E-state index in [9.17, 15) is 13.2 Å². The first-order valence-electron chi connectivity index (χ1n) is 13.4. The molecule has 9 heteroatoms. The van der Waals surface area contributed by atoms with E-state index in [1.807, 2.05) is 0 Å². The number of nitrogens with two attached hydrogens (primary N) is 1. The minimum Gasteiger partial charge on any atom is -0.382 e. The number of hydrogen-bond donors (Lipinski definition) is 2. The first kappa shape index (κ1) is 27.0. The van der Waals surface area contributed by atoms with Gasteiger partial charge in [0, 0.05) is 72.4 Å². The third kappa shape index (κ3) is 5.45. The predicted molar refractivity (Wildman–Crippen MR) is 147 cm³/mol. The Labute approximate surface area is 227 Å². The van der Waals surface area contributed by atoms with Gasteiger partial charge in [-0.3, -0.25) is 0 Å². The second kappa shape index (κ2) is 10.9. The molecule has 2 unspecified atom stereocenters. The van der Waals surface area contributed by atoms with Gasteiger partial charge in [0.1, 0.15) is 0 Å². The summed E-state index contributed by atoms with van der Waals surface area (Å²) in [5.74, 6) is 0.805. The number of anilines is 2. The van der Waals surface area contributed by atoms with E-state index in [0.717, 1.165) is 60.3 Å². The minimum atomic E-state index is -4.37.